The summed E-state index contributed by atoms with van der Waals surface area (Å²) in [5.74, 6) is 0.528. The molecule has 17 heavy (non-hydrogen) atoms. The van der Waals surface area contributed by atoms with Crippen LogP contribution in [-0.2, 0) is 0 Å². The van der Waals surface area contributed by atoms with Crippen LogP contribution >= 0.6 is 11.6 Å². The monoisotopic (exact) mass is 258 g/mol. The first-order valence-electron chi connectivity index (χ1n) is 5.05. The van der Waals surface area contributed by atoms with Gasteiger partial charge in [-0.1, -0.05) is 11.6 Å². The van der Waals surface area contributed by atoms with Gasteiger partial charge in [-0.05, 0) is 18.2 Å². The van der Waals surface area contributed by atoms with Crippen molar-refractivity contribution in [3.63, 3.8) is 0 Å². The lowest BCUT2D eigenvalue weighted by Crippen LogP contribution is -2.33. The number of methoxy groups -OCH3 is 1. The van der Waals surface area contributed by atoms with Crippen molar-refractivity contribution in [2.45, 2.75) is 0 Å². The van der Waals surface area contributed by atoms with E-state index < -0.39 is 0 Å². The van der Waals surface area contributed by atoms with Gasteiger partial charge in [-0.2, -0.15) is 0 Å². The third kappa shape index (κ3) is 3.80. The van der Waals surface area contributed by atoms with Gasteiger partial charge in [-0.3, -0.25) is 0 Å². The number of anilines is 1. The van der Waals surface area contributed by atoms with Crippen LogP contribution in [0, 0.1) is 0 Å². The summed E-state index contributed by atoms with van der Waals surface area (Å²) in [6, 6.07) is 4.61. The van der Waals surface area contributed by atoms with Gasteiger partial charge in [0.25, 0.3) is 0 Å². The van der Waals surface area contributed by atoms with E-state index in [1.54, 1.807) is 25.2 Å². The molecule has 1 aromatic carbocycles. The van der Waals surface area contributed by atoms with Gasteiger partial charge in [0, 0.05) is 18.6 Å². The van der Waals surface area contributed by atoms with Gasteiger partial charge in [0.2, 0.25) is 0 Å². The van der Waals surface area contributed by atoms with Gasteiger partial charge in [0.1, 0.15) is 5.75 Å². The third-order valence-corrected chi connectivity index (χ3v) is 2.42. The Bertz CT molecular complexity index is 398. The first-order chi connectivity index (χ1) is 8.08. The van der Waals surface area contributed by atoms with Crippen LogP contribution < -0.4 is 10.1 Å². The summed E-state index contributed by atoms with van der Waals surface area (Å²) < 4.78 is 5.10. The maximum absolute atomic E-state index is 11.7. The van der Waals surface area contributed by atoms with Crippen LogP contribution in [0.15, 0.2) is 18.2 Å². The van der Waals surface area contributed by atoms with E-state index in [0.717, 1.165) is 0 Å². The number of urea groups is 1. The fraction of sp³-hybridized carbons (Fsp3) is 0.364. The number of nitrogens with zero attached hydrogens (tertiary/aromatic N) is 1. The van der Waals surface area contributed by atoms with E-state index in [1.165, 1.54) is 12.0 Å². The molecule has 2 amide bonds. The Labute approximate surface area is 105 Å². The summed E-state index contributed by atoms with van der Waals surface area (Å²) in [6.45, 7) is 0.172. The molecule has 1 rings (SSSR count). The summed E-state index contributed by atoms with van der Waals surface area (Å²) in [5, 5.41) is 11.9. The minimum atomic E-state index is -0.334. The average Bonchev–Trinajstić information content (AvgIpc) is 2.29. The Balaban J connectivity index is 2.79. The molecule has 0 radical (unpaired) electrons. The molecule has 0 saturated carbocycles. The van der Waals surface area contributed by atoms with Gasteiger partial charge in [-0.25, -0.2) is 4.79 Å². The topological polar surface area (TPSA) is 61.8 Å². The quantitative estimate of drug-likeness (QED) is 0.866. The van der Waals surface area contributed by atoms with E-state index >= 15 is 0 Å². The highest BCUT2D eigenvalue weighted by Crippen LogP contribution is 2.27. The number of amides is 2. The number of carbonyl (C=O) groups is 1. The normalized spacial score (nSPS) is 9.88. The Morgan fingerprint density at radius 2 is 2.29 bits per heavy atom. The highest BCUT2D eigenvalue weighted by molar-refractivity contribution is 6.31. The van der Waals surface area contributed by atoms with Gasteiger partial charge in [0.15, 0.2) is 0 Å². The van der Waals surface area contributed by atoms with Gasteiger partial charge in [0.05, 0.1) is 19.4 Å². The highest BCUT2D eigenvalue weighted by atomic mass is 35.5. The lowest BCUT2D eigenvalue weighted by atomic mass is 10.3. The first kappa shape index (κ1) is 13.6. The molecule has 6 heteroatoms. The van der Waals surface area contributed by atoms with E-state index in [0.29, 0.717) is 16.5 Å². The van der Waals surface area contributed by atoms with E-state index in [4.69, 9.17) is 21.4 Å². The number of hydrogen-bond acceptors (Lipinski definition) is 3. The largest absolute Gasteiger partial charge is 0.495 e. The van der Waals surface area contributed by atoms with Crippen molar-refractivity contribution in [3.05, 3.63) is 23.2 Å². The van der Waals surface area contributed by atoms with Gasteiger partial charge >= 0.3 is 6.03 Å². The molecule has 94 valence electrons. The van der Waals surface area contributed by atoms with Crippen molar-refractivity contribution >= 4 is 23.3 Å². The van der Waals surface area contributed by atoms with Crippen LogP contribution in [0.4, 0.5) is 10.5 Å². The van der Waals surface area contributed by atoms with E-state index in [2.05, 4.69) is 5.32 Å². The zero-order chi connectivity index (χ0) is 12.8. The number of carbonyl (C=O) groups excluding carboxylic acids is 1. The van der Waals surface area contributed by atoms with Crippen LogP contribution in [0.25, 0.3) is 0 Å². The molecule has 0 aliphatic carbocycles. The molecule has 0 aromatic heterocycles. The van der Waals surface area contributed by atoms with Crippen LogP contribution in [0.5, 0.6) is 5.75 Å². The average molecular weight is 259 g/mol. The second-order valence-electron chi connectivity index (χ2n) is 3.42. The molecule has 0 fully saturated rings. The summed E-state index contributed by atoms with van der Waals surface area (Å²) in [7, 11) is 3.10. The number of ether oxygens (including phenoxy) is 1. The number of aliphatic hydroxyl groups excluding tert-OH is 1. The molecule has 0 aliphatic heterocycles. The standard InChI is InChI=1S/C11H15ClN2O3/c1-14(5-6-15)11(16)13-9-7-8(12)3-4-10(9)17-2/h3-4,7,15H,5-6H2,1-2H3,(H,13,16). The van der Waals surface area contributed by atoms with Crippen molar-refractivity contribution in [2.75, 3.05) is 32.6 Å². The summed E-state index contributed by atoms with van der Waals surface area (Å²) in [6.07, 6.45) is 0. The summed E-state index contributed by atoms with van der Waals surface area (Å²) in [5.41, 5.74) is 0.495. The molecule has 0 unspecified atom stereocenters. The van der Waals surface area contributed by atoms with Gasteiger partial charge in [-0.15, -0.1) is 0 Å². The fourth-order valence-corrected chi connectivity index (χ4v) is 1.41. The molecule has 0 atom stereocenters. The van der Waals surface area contributed by atoms with Crippen molar-refractivity contribution in [3.8, 4) is 5.75 Å². The number of rotatable bonds is 4. The van der Waals surface area contributed by atoms with Crippen LogP contribution in [0.3, 0.4) is 0 Å². The van der Waals surface area contributed by atoms with Gasteiger partial charge < -0.3 is 20.1 Å². The fourth-order valence-electron chi connectivity index (χ4n) is 1.24. The predicted molar refractivity (Wildman–Crippen MR) is 66.7 cm³/mol. The number of aliphatic hydroxyl groups is 1. The summed E-state index contributed by atoms with van der Waals surface area (Å²) >= 11 is 5.84. The Hall–Kier alpha value is -1.46. The van der Waals surface area contributed by atoms with Crippen LogP contribution in [-0.4, -0.2) is 43.3 Å². The molecule has 0 spiro atoms. The molecule has 1 aromatic rings. The maximum atomic E-state index is 11.7. The van der Waals surface area contributed by atoms with Crippen molar-refractivity contribution in [2.24, 2.45) is 0 Å². The van der Waals surface area contributed by atoms with Crippen LogP contribution in [0.2, 0.25) is 5.02 Å². The maximum Gasteiger partial charge on any atom is 0.321 e. The van der Waals surface area contributed by atoms with E-state index in [-0.39, 0.29) is 19.2 Å². The second-order valence-corrected chi connectivity index (χ2v) is 3.86. The number of nitrogens with one attached hydrogen (secondary N) is 1. The molecule has 0 heterocycles. The zero-order valence-corrected chi connectivity index (χ0v) is 10.5. The van der Waals surface area contributed by atoms with Crippen molar-refractivity contribution in [1.82, 2.24) is 4.90 Å². The molecule has 0 saturated heterocycles. The molecule has 0 aliphatic rings. The van der Waals surface area contributed by atoms with Crippen LogP contribution in [0.1, 0.15) is 0 Å². The SMILES string of the molecule is COc1ccc(Cl)cc1NC(=O)N(C)CCO. The Morgan fingerprint density at radius 1 is 1.59 bits per heavy atom. The van der Waals surface area contributed by atoms with E-state index in [9.17, 15) is 4.79 Å². The van der Waals surface area contributed by atoms with E-state index in [1.807, 2.05) is 0 Å². The highest BCUT2D eigenvalue weighted by Gasteiger charge is 2.11. The molecular weight excluding hydrogens is 244 g/mol. The predicted octanol–water partition coefficient (Wildman–Crippen LogP) is 1.80. The Kier molecular flexibility index (Phi) is 5.06. The molecule has 2 N–H and O–H groups in total. The Morgan fingerprint density at radius 3 is 2.88 bits per heavy atom. The lowest BCUT2D eigenvalue weighted by molar-refractivity contribution is 0.202. The number of hydrogen-bond donors (Lipinski definition) is 2. The van der Waals surface area contributed by atoms with Crippen molar-refractivity contribution < 1.29 is 14.6 Å². The van der Waals surface area contributed by atoms with Crippen molar-refractivity contribution in [1.29, 1.82) is 0 Å². The first-order valence-corrected chi connectivity index (χ1v) is 5.42. The minimum Gasteiger partial charge on any atom is -0.495 e. The molecule has 0 bridgehead atoms. The lowest BCUT2D eigenvalue weighted by Gasteiger charge is -2.17. The second kappa shape index (κ2) is 6.32. The summed E-state index contributed by atoms with van der Waals surface area (Å²) in [4.78, 5) is 13.0. The number of likely N-dealkylation sites (N-methyl/N-ethyl adjacent to an activating group) is 1. The third-order valence-electron chi connectivity index (χ3n) is 2.19. The smallest absolute Gasteiger partial charge is 0.321 e. The zero-order valence-electron chi connectivity index (χ0n) is 9.74. The molecular formula is C11H15ClN2O3. The minimum absolute atomic E-state index is 0.0867. The molecule has 5 nitrogen and oxygen atoms in total. The number of halogens is 1. The number of benzene rings is 1.